The lowest BCUT2D eigenvalue weighted by atomic mass is 10.0. The van der Waals surface area contributed by atoms with Gasteiger partial charge in [0.2, 0.25) is 0 Å². The molecule has 3 heteroatoms. The number of rotatable bonds is 6. The summed E-state index contributed by atoms with van der Waals surface area (Å²) in [5.74, 6) is 0.234. The van der Waals surface area contributed by atoms with E-state index in [9.17, 15) is 0 Å². The lowest BCUT2D eigenvalue weighted by molar-refractivity contribution is 0.201. The van der Waals surface area contributed by atoms with Crippen molar-refractivity contribution in [1.82, 2.24) is 5.32 Å². The Labute approximate surface area is 97.7 Å². The highest BCUT2D eigenvalue weighted by molar-refractivity contribution is 5.19. The van der Waals surface area contributed by atoms with Gasteiger partial charge in [-0.05, 0) is 18.4 Å². The summed E-state index contributed by atoms with van der Waals surface area (Å²) in [5, 5.41) is 12.5. The standard InChI is InChI=1S/C13H22N2O/c1-10(9-16)11(2)15-13(8-14)12-6-4-3-5-7-12/h3-7,10-11,13,15-16H,8-9,14H2,1-2H3. The zero-order chi connectivity index (χ0) is 12.0. The summed E-state index contributed by atoms with van der Waals surface area (Å²) in [4.78, 5) is 0. The first kappa shape index (κ1) is 13.2. The molecule has 0 aromatic heterocycles. The molecule has 3 atom stereocenters. The third kappa shape index (κ3) is 3.59. The fourth-order valence-electron chi connectivity index (χ4n) is 1.63. The summed E-state index contributed by atoms with van der Waals surface area (Å²) in [5.41, 5.74) is 6.97. The fourth-order valence-corrected chi connectivity index (χ4v) is 1.63. The predicted molar refractivity (Wildman–Crippen MR) is 67.1 cm³/mol. The molecule has 0 saturated heterocycles. The van der Waals surface area contributed by atoms with Crippen LogP contribution in [0.3, 0.4) is 0 Å². The Morgan fingerprint density at radius 2 is 1.88 bits per heavy atom. The Morgan fingerprint density at radius 1 is 1.25 bits per heavy atom. The van der Waals surface area contributed by atoms with Gasteiger partial charge in [0.1, 0.15) is 0 Å². The van der Waals surface area contributed by atoms with Crippen molar-refractivity contribution in [2.75, 3.05) is 13.2 Å². The fraction of sp³-hybridized carbons (Fsp3) is 0.538. The van der Waals surface area contributed by atoms with Crippen molar-refractivity contribution in [3.63, 3.8) is 0 Å². The van der Waals surface area contributed by atoms with Crippen molar-refractivity contribution in [1.29, 1.82) is 0 Å². The van der Waals surface area contributed by atoms with Crippen molar-refractivity contribution in [2.24, 2.45) is 11.7 Å². The van der Waals surface area contributed by atoms with E-state index in [-0.39, 0.29) is 24.6 Å². The Morgan fingerprint density at radius 3 is 2.38 bits per heavy atom. The molecule has 90 valence electrons. The largest absolute Gasteiger partial charge is 0.396 e. The smallest absolute Gasteiger partial charge is 0.0471 e. The van der Waals surface area contributed by atoms with Gasteiger partial charge in [0.25, 0.3) is 0 Å². The number of aliphatic hydroxyl groups is 1. The molecule has 0 radical (unpaired) electrons. The van der Waals surface area contributed by atoms with Crippen molar-refractivity contribution < 1.29 is 5.11 Å². The minimum absolute atomic E-state index is 0.158. The monoisotopic (exact) mass is 222 g/mol. The first-order valence-electron chi connectivity index (χ1n) is 5.81. The summed E-state index contributed by atoms with van der Waals surface area (Å²) in [6, 6.07) is 10.6. The molecule has 0 saturated carbocycles. The van der Waals surface area contributed by atoms with Crippen LogP contribution >= 0.6 is 0 Å². The molecule has 0 heterocycles. The Hall–Kier alpha value is -0.900. The van der Waals surface area contributed by atoms with Gasteiger partial charge in [0, 0.05) is 25.2 Å². The maximum atomic E-state index is 9.09. The van der Waals surface area contributed by atoms with Crippen LogP contribution in [0.5, 0.6) is 0 Å². The lowest BCUT2D eigenvalue weighted by Crippen LogP contribution is -2.39. The first-order chi connectivity index (χ1) is 7.69. The predicted octanol–water partition coefficient (Wildman–Crippen LogP) is 1.29. The molecule has 1 aromatic rings. The quantitative estimate of drug-likeness (QED) is 0.680. The maximum absolute atomic E-state index is 9.09. The summed E-state index contributed by atoms with van der Waals surface area (Å²) >= 11 is 0. The molecule has 0 amide bonds. The molecular formula is C13H22N2O. The number of nitrogens with one attached hydrogen (secondary N) is 1. The average molecular weight is 222 g/mol. The normalized spacial score (nSPS) is 16.8. The number of benzene rings is 1. The minimum Gasteiger partial charge on any atom is -0.396 e. The second-order valence-electron chi connectivity index (χ2n) is 4.31. The van der Waals surface area contributed by atoms with Crippen LogP contribution < -0.4 is 11.1 Å². The molecule has 16 heavy (non-hydrogen) atoms. The second kappa shape index (κ2) is 6.63. The van der Waals surface area contributed by atoms with E-state index in [1.165, 1.54) is 5.56 Å². The van der Waals surface area contributed by atoms with Crippen LogP contribution in [-0.4, -0.2) is 24.3 Å². The van der Waals surface area contributed by atoms with Crippen LogP contribution in [-0.2, 0) is 0 Å². The topological polar surface area (TPSA) is 58.3 Å². The zero-order valence-corrected chi connectivity index (χ0v) is 10.1. The Balaban J connectivity index is 2.62. The summed E-state index contributed by atoms with van der Waals surface area (Å²) in [6.45, 7) is 4.86. The molecule has 0 aliphatic carbocycles. The van der Waals surface area contributed by atoms with Crippen molar-refractivity contribution >= 4 is 0 Å². The molecule has 1 rings (SSSR count). The molecule has 0 aliphatic rings. The Kier molecular flexibility index (Phi) is 5.46. The van der Waals surface area contributed by atoms with Crippen LogP contribution in [0.2, 0.25) is 0 Å². The molecular weight excluding hydrogens is 200 g/mol. The molecule has 0 bridgehead atoms. The number of nitrogens with two attached hydrogens (primary N) is 1. The highest BCUT2D eigenvalue weighted by Gasteiger charge is 2.16. The van der Waals surface area contributed by atoms with Crippen molar-refractivity contribution in [3.05, 3.63) is 35.9 Å². The van der Waals surface area contributed by atoms with Gasteiger partial charge in [-0.2, -0.15) is 0 Å². The molecule has 1 aromatic carbocycles. The molecule has 0 aliphatic heterocycles. The minimum atomic E-state index is 0.158. The SMILES string of the molecule is CC(CO)C(C)NC(CN)c1ccccc1. The van der Waals surface area contributed by atoms with Gasteiger partial charge < -0.3 is 16.2 Å². The average Bonchev–Trinajstić information content (AvgIpc) is 2.35. The van der Waals surface area contributed by atoms with Crippen LogP contribution in [0.25, 0.3) is 0 Å². The first-order valence-corrected chi connectivity index (χ1v) is 5.81. The van der Waals surface area contributed by atoms with Crippen LogP contribution in [0.1, 0.15) is 25.5 Å². The van der Waals surface area contributed by atoms with E-state index < -0.39 is 0 Å². The van der Waals surface area contributed by atoms with E-state index in [1.54, 1.807) is 0 Å². The number of aliphatic hydroxyl groups excluding tert-OH is 1. The molecule has 3 unspecified atom stereocenters. The third-order valence-corrected chi connectivity index (χ3v) is 3.04. The second-order valence-corrected chi connectivity index (χ2v) is 4.31. The van der Waals surface area contributed by atoms with E-state index in [0.29, 0.717) is 6.54 Å². The summed E-state index contributed by atoms with van der Waals surface area (Å²) in [7, 11) is 0. The van der Waals surface area contributed by atoms with Gasteiger partial charge in [-0.3, -0.25) is 0 Å². The van der Waals surface area contributed by atoms with Gasteiger partial charge >= 0.3 is 0 Å². The van der Waals surface area contributed by atoms with Crippen LogP contribution in [0.15, 0.2) is 30.3 Å². The zero-order valence-electron chi connectivity index (χ0n) is 10.1. The highest BCUT2D eigenvalue weighted by atomic mass is 16.3. The Bertz CT molecular complexity index is 289. The van der Waals surface area contributed by atoms with Gasteiger partial charge in [-0.15, -0.1) is 0 Å². The van der Waals surface area contributed by atoms with E-state index in [1.807, 2.05) is 25.1 Å². The number of hydrogen-bond acceptors (Lipinski definition) is 3. The van der Waals surface area contributed by atoms with E-state index >= 15 is 0 Å². The molecule has 4 N–H and O–H groups in total. The number of hydrogen-bond donors (Lipinski definition) is 3. The van der Waals surface area contributed by atoms with Gasteiger partial charge in [0.05, 0.1) is 0 Å². The van der Waals surface area contributed by atoms with Crippen LogP contribution in [0, 0.1) is 5.92 Å². The van der Waals surface area contributed by atoms with Gasteiger partial charge in [-0.25, -0.2) is 0 Å². The van der Waals surface area contributed by atoms with Crippen LogP contribution in [0.4, 0.5) is 0 Å². The molecule has 3 nitrogen and oxygen atoms in total. The highest BCUT2D eigenvalue weighted by Crippen LogP contribution is 2.13. The molecule has 0 spiro atoms. The summed E-state index contributed by atoms with van der Waals surface area (Å²) in [6.07, 6.45) is 0. The maximum Gasteiger partial charge on any atom is 0.0471 e. The summed E-state index contributed by atoms with van der Waals surface area (Å²) < 4.78 is 0. The van der Waals surface area contributed by atoms with E-state index in [2.05, 4.69) is 24.4 Å². The van der Waals surface area contributed by atoms with Gasteiger partial charge in [-0.1, -0.05) is 37.3 Å². The van der Waals surface area contributed by atoms with Crippen molar-refractivity contribution in [3.8, 4) is 0 Å². The lowest BCUT2D eigenvalue weighted by Gasteiger charge is -2.26. The third-order valence-electron chi connectivity index (χ3n) is 3.04. The van der Waals surface area contributed by atoms with E-state index in [4.69, 9.17) is 10.8 Å². The van der Waals surface area contributed by atoms with Gasteiger partial charge in [0.15, 0.2) is 0 Å². The van der Waals surface area contributed by atoms with E-state index in [0.717, 1.165) is 0 Å². The molecule has 0 fully saturated rings. The van der Waals surface area contributed by atoms with Crippen molar-refractivity contribution in [2.45, 2.75) is 25.9 Å².